The van der Waals surface area contributed by atoms with Crippen molar-refractivity contribution in [2.24, 2.45) is 7.05 Å². The molecule has 0 bridgehead atoms. The molecule has 27 heavy (non-hydrogen) atoms. The fraction of sp³-hybridized carbons (Fsp3) is 0.238. The Morgan fingerprint density at radius 1 is 1.30 bits per heavy atom. The molecule has 4 rings (SSSR count). The molecule has 2 heterocycles. The topological polar surface area (TPSA) is 62.9 Å². The molecule has 3 aromatic rings. The number of nitrogens with zero attached hydrogens (tertiary/aromatic N) is 3. The van der Waals surface area contributed by atoms with Crippen molar-refractivity contribution in [1.82, 2.24) is 14.9 Å². The quantitative estimate of drug-likeness (QED) is 0.732. The molecule has 1 fully saturated rings. The van der Waals surface area contributed by atoms with Crippen LogP contribution in [0.3, 0.4) is 0 Å². The predicted octanol–water partition coefficient (Wildman–Crippen LogP) is 4.36. The monoisotopic (exact) mass is 378 g/mol. The van der Waals surface area contributed by atoms with Crippen molar-refractivity contribution in [1.29, 1.82) is 5.26 Å². The normalized spacial score (nSPS) is 19.0. The van der Waals surface area contributed by atoms with E-state index in [9.17, 15) is 5.26 Å². The van der Waals surface area contributed by atoms with Gasteiger partial charge >= 0.3 is 0 Å². The van der Waals surface area contributed by atoms with Crippen LogP contribution in [0.2, 0.25) is 5.02 Å². The van der Waals surface area contributed by atoms with E-state index >= 15 is 0 Å². The van der Waals surface area contributed by atoms with Gasteiger partial charge in [-0.15, -0.1) is 0 Å². The lowest BCUT2D eigenvalue weighted by Gasteiger charge is -2.31. The van der Waals surface area contributed by atoms with Crippen LogP contribution < -0.4 is 10.1 Å². The SMILES string of the molecule is Cn1cncc1[C@]1(c2ccc(C#N)c(Oc3cccc(Cl)c3)c2)CCCN1. The molecule has 1 aliphatic heterocycles. The van der Waals surface area contributed by atoms with E-state index in [1.807, 2.05) is 54.5 Å². The summed E-state index contributed by atoms with van der Waals surface area (Å²) in [6, 6.07) is 15.1. The number of imidazole rings is 1. The second kappa shape index (κ2) is 7.07. The number of halogens is 1. The molecule has 6 heteroatoms. The highest BCUT2D eigenvalue weighted by Crippen LogP contribution is 2.40. The number of nitriles is 1. The molecule has 0 saturated carbocycles. The van der Waals surface area contributed by atoms with Gasteiger partial charge in [0.1, 0.15) is 17.6 Å². The average molecular weight is 379 g/mol. The van der Waals surface area contributed by atoms with Gasteiger partial charge in [-0.1, -0.05) is 23.7 Å². The molecule has 1 atom stereocenters. The second-order valence-corrected chi connectivity index (χ2v) is 7.14. The zero-order chi connectivity index (χ0) is 18.9. The van der Waals surface area contributed by atoms with Gasteiger partial charge in [-0.2, -0.15) is 5.26 Å². The van der Waals surface area contributed by atoms with Crippen LogP contribution in [0.5, 0.6) is 11.5 Å². The molecule has 1 aromatic heterocycles. The lowest BCUT2D eigenvalue weighted by molar-refractivity contribution is 0.438. The highest BCUT2D eigenvalue weighted by Gasteiger charge is 2.39. The summed E-state index contributed by atoms with van der Waals surface area (Å²) in [4.78, 5) is 4.30. The fourth-order valence-corrected chi connectivity index (χ4v) is 3.93. The van der Waals surface area contributed by atoms with Crippen molar-refractivity contribution in [3.05, 3.63) is 76.8 Å². The Kier molecular flexibility index (Phi) is 4.61. The lowest BCUT2D eigenvalue weighted by atomic mass is 9.84. The zero-order valence-electron chi connectivity index (χ0n) is 14.9. The van der Waals surface area contributed by atoms with Crippen LogP contribution in [0.25, 0.3) is 0 Å². The molecule has 0 aliphatic carbocycles. The largest absolute Gasteiger partial charge is 0.456 e. The van der Waals surface area contributed by atoms with Gasteiger partial charge in [-0.05, 0) is 55.3 Å². The summed E-state index contributed by atoms with van der Waals surface area (Å²) in [5, 5.41) is 13.7. The summed E-state index contributed by atoms with van der Waals surface area (Å²) in [5.41, 5.74) is 2.29. The average Bonchev–Trinajstić information content (AvgIpc) is 3.31. The van der Waals surface area contributed by atoms with Crippen molar-refractivity contribution in [2.45, 2.75) is 18.4 Å². The third kappa shape index (κ3) is 3.18. The van der Waals surface area contributed by atoms with Gasteiger partial charge in [0.25, 0.3) is 0 Å². The van der Waals surface area contributed by atoms with E-state index in [2.05, 4.69) is 16.4 Å². The number of aryl methyl sites for hydroxylation is 1. The summed E-state index contributed by atoms with van der Waals surface area (Å²) in [5.74, 6) is 1.12. The smallest absolute Gasteiger partial charge is 0.145 e. The van der Waals surface area contributed by atoms with Gasteiger partial charge in [-0.25, -0.2) is 4.98 Å². The van der Waals surface area contributed by atoms with E-state index in [1.54, 1.807) is 12.1 Å². The van der Waals surface area contributed by atoms with Crippen molar-refractivity contribution in [2.75, 3.05) is 6.54 Å². The highest BCUT2D eigenvalue weighted by atomic mass is 35.5. The first kappa shape index (κ1) is 17.6. The number of hydrogen-bond acceptors (Lipinski definition) is 4. The van der Waals surface area contributed by atoms with Crippen LogP contribution in [-0.4, -0.2) is 16.1 Å². The number of hydrogen-bond donors (Lipinski definition) is 1. The zero-order valence-corrected chi connectivity index (χ0v) is 15.7. The summed E-state index contributed by atoms with van der Waals surface area (Å²) in [6.07, 6.45) is 5.73. The molecule has 1 N–H and O–H groups in total. The molecule has 136 valence electrons. The fourth-order valence-electron chi connectivity index (χ4n) is 3.75. The molecular weight excluding hydrogens is 360 g/mol. The highest BCUT2D eigenvalue weighted by molar-refractivity contribution is 6.30. The molecule has 1 aliphatic rings. The minimum absolute atomic E-state index is 0.342. The maximum atomic E-state index is 9.51. The summed E-state index contributed by atoms with van der Waals surface area (Å²) in [7, 11) is 2.00. The van der Waals surface area contributed by atoms with Gasteiger partial charge in [0, 0.05) is 12.1 Å². The molecule has 0 amide bonds. The van der Waals surface area contributed by atoms with Crippen molar-refractivity contribution in [3.63, 3.8) is 0 Å². The predicted molar refractivity (Wildman–Crippen MR) is 104 cm³/mol. The van der Waals surface area contributed by atoms with E-state index < -0.39 is 0 Å². The molecular formula is C21H19ClN4O. The molecule has 1 saturated heterocycles. The Balaban J connectivity index is 1.80. The number of nitrogens with one attached hydrogen (secondary N) is 1. The Hall–Kier alpha value is -2.81. The van der Waals surface area contributed by atoms with Gasteiger partial charge in [-0.3, -0.25) is 0 Å². The molecule has 2 aromatic carbocycles. The summed E-state index contributed by atoms with van der Waals surface area (Å²) < 4.78 is 8.05. The van der Waals surface area contributed by atoms with Crippen molar-refractivity contribution in [3.8, 4) is 17.6 Å². The molecule has 5 nitrogen and oxygen atoms in total. The molecule has 0 spiro atoms. The first-order chi connectivity index (χ1) is 13.1. The maximum absolute atomic E-state index is 9.51. The van der Waals surface area contributed by atoms with E-state index in [4.69, 9.17) is 16.3 Å². The molecule has 0 unspecified atom stereocenters. The Labute approximate surface area is 163 Å². The van der Waals surface area contributed by atoms with Crippen LogP contribution in [-0.2, 0) is 12.6 Å². The van der Waals surface area contributed by atoms with E-state index in [0.29, 0.717) is 22.1 Å². The third-order valence-electron chi connectivity index (χ3n) is 5.03. The van der Waals surface area contributed by atoms with Crippen molar-refractivity contribution < 1.29 is 4.74 Å². The van der Waals surface area contributed by atoms with Gasteiger partial charge in [0.2, 0.25) is 0 Å². The molecule has 0 radical (unpaired) electrons. The minimum atomic E-state index is -0.342. The van der Waals surface area contributed by atoms with E-state index in [1.165, 1.54) is 0 Å². The number of benzene rings is 2. The first-order valence-electron chi connectivity index (χ1n) is 8.82. The Morgan fingerprint density at radius 2 is 2.19 bits per heavy atom. The van der Waals surface area contributed by atoms with Crippen LogP contribution in [0.4, 0.5) is 0 Å². The van der Waals surface area contributed by atoms with Crippen LogP contribution >= 0.6 is 11.6 Å². The van der Waals surface area contributed by atoms with Crippen LogP contribution in [0.1, 0.15) is 29.7 Å². The third-order valence-corrected chi connectivity index (χ3v) is 5.26. The first-order valence-corrected chi connectivity index (χ1v) is 9.20. The Bertz CT molecular complexity index is 1020. The number of aromatic nitrogens is 2. The number of rotatable bonds is 4. The number of ether oxygens (including phenoxy) is 1. The van der Waals surface area contributed by atoms with Crippen molar-refractivity contribution >= 4 is 11.6 Å². The standard InChI is InChI=1S/C21H19ClN4O/c1-26-14-24-13-20(26)21(8-3-9-25-21)16-7-6-15(12-23)19(10-16)27-18-5-2-4-17(22)11-18/h2,4-7,10-11,13-14,25H,3,8-9H2,1H3/t21-/m1/s1. The lowest BCUT2D eigenvalue weighted by Crippen LogP contribution is -2.39. The summed E-state index contributed by atoms with van der Waals surface area (Å²) >= 11 is 6.06. The van der Waals surface area contributed by atoms with E-state index in [0.717, 1.165) is 30.6 Å². The van der Waals surface area contributed by atoms with Crippen LogP contribution in [0, 0.1) is 11.3 Å². The second-order valence-electron chi connectivity index (χ2n) is 6.71. The van der Waals surface area contributed by atoms with E-state index in [-0.39, 0.29) is 5.54 Å². The van der Waals surface area contributed by atoms with Gasteiger partial charge in [0.05, 0.1) is 29.3 Å². The Morgan fingerprint density at radius 3 is 2.85 bits per heavy atom. The van der Waals surface area contributed by atoms with Gasteiger partial charge < -0.3 is 14.6 Å². The summed E-state index contributed by atoms with van der Waals surface area (Å²) in [6.45, 7) is 0.926. The maximum Gasteiger partial charge on any atom is 0.145 e. The van der Waals surface area contributed by atoms with Gasteiger partial charge in [0.15, 0.2) is 0 Å². The minimum Gasteiger partial charge on any atom is -0.456 e. The van der Waals surface area contributed by atoms with Crippen LogP contribution in [0.15, 0.2) is 55.0 Å².